The van der Waals surface area contributed by atoms with Crippen LogP contribution in [0.3, 0.4) is 0 Å². The Hall–Kier alpha value is -1.61. The Morgan fingerprint density at radius 1 is 1.25 bits per heavy atom. The first-order chi connectivity index (χ1) is 7.72. The highest BCUT2D eigenvalue weighted by molar-refractivity contribution is 5.92. The van der Waals surface area contributed by atoms with Crippen LogP contribution in [0.2, 0.25) is 0 Å². The third-order valence-corrected chi connectivity index (χ3v) is 2.55. The standard InChI is InChI=1S/C13H17N3/c1-14-9-11-8-10-6-4-5-7-12(10)13(15-11)16(2)3/h4-8,14H,9H2,1-3H3. The van der Waals surface area contributed by atoms with E-state index < -0.39 is 0 Å². The lowest BCUT2D eigenvalue weighted by Crippen LogP contribution is -2.14. The summed E-state index contributed by atoms with van der Waals surface area (Å²) in [6, 6.07) is 10.5. The van der Waals surface area contributed by atoms with Crippen molar-refractivity contribution in [1.82, 2.24) is 10.3 Å². The summed E-state index contributed by atoms with van der Waals surface area (Å²) in [7, 11) is 5.99. The molecule has 84 valence electrons. The lowest BCUT2D eigenvalue weighted by atomic mass is 10.1. The highest BCUT2D eigenvalue weighted by Crippen LogP contribution is 2.24. The summed E-state index contributed by atoms with van der Waals surface area (Å²) in [4.78, 5) is 6.71. The predicted octanol–water partition coefficient (Wildman–Crippen LogP) is 2.02. The quantitative estimate of drug-likeness (QED) is 0.849. The summed E-state index contributed by atoms with van der Waals surface area (Å²) < 4.78 is 0. The number of hydrogen-bond donors (Lipinski definition) is 1. The molecule has 3 heteroatoms. The van der Waals surface area contributed by atoms with Crippen molar-refractivity contribution in [2.24, 2.45) is 0 Å². The van der Waals surface area contributed by atoms with Gasteiger partial charge in [-0.05, 0) is 18.5 Å². The second-order valence-electron chi connectivity index (χ2n) is 4.08. The van der Waals surface area contributed by atoms with Gasteiger partial charge in [0.05, 0.1) is 5.69 Å². The van der Waals surface area contributed by atoms with E-state index in [1.807, 2.05) is 21.1 Å². The van der Waals surface area contributed by atoms with E-state index in [4.69, 9.17) is 0 Å². The monoisotopic (exact) mass is 215 g/mol. The van der Waals surface area contributed by atoms with E-state index in [1.165, 1.54) is 10.8 Å². The summed E-state index contributed by atoms with van der Waals surface area (Å²) >= 11 is 0. The van der Waals surface area contributed by atoms with Gasteiger partial charge in [-0.25, -0.2) is 4.98 Å². The average molecular weight is 215 g/mol. The van der Waals surface area contributed by atoms with Crippen LogP contribution in [0.25, 0.3) is 10.8 Å². The molecule has 0 radical (unpaired) electrons. The zero-order chi connectivity index (χ0) is 11.5. The Balaban J connectivity index is 2.64. The SMILES string of the molecule is CNCc1cc2ccccc2c(N(C)C)n1. The normalized spacial score (nSPS) is 10.7. The average Bonchev–Trinajstić information content (AvgIpc) is 2.28. The molecule has 1 N–H and O–H groups in total. The van der Waals surface area contributed by atoms with E-state index in [2.05, 4.69) is 45.5 Å². The van der Waals surface area contributed by atoms with E-state index in [0.29, 0.717) is 0 Å². The molecule has 1 aromatic carbocycles. The van der Waals surface area contributed by atoms with Crippen LogP contribution in [-0.2, 0) is 6.54 Å². The van der Waals surface area contributed by atoms with Crippen LogP contribution in [0.4, 0.5) is 5.82 Å². The largest absolute Gasteiger partial charge is 0.362 e. The van der Waals surface area contributed by atoms with Gasteiger partial charge in [0, 0.05) is 26.0 Å². The third-order valence-electron chi connectivity index (χ3n) is 2.55. The molecule has 0 aliphatic carbocycles. The Morgan fingerprint density at radius 2 is 2.00 bits per heavy atom. The van der Waals surface area contributed by atoms with Crippen molar-refractivity contribution in [1.29, 1.82) is 0 Å². The molecule has 0 saturated heterocycles. The maximum absolute atomic E-state index is 4.65. The van der Waals surface area contributed by atoms with Gasteiger partial charge in [-0.3, -0.25) is 0 Å². The molecule has 0 spiro atoms. The topological polar surface area (TPSA) is 28.2 Å². The fourth-order valence-corrected chi connectivity index (χ4v) is 1.85. The molecule has 2 aromatic rings. The molecule has 0 aliphatic rings. The summed E-state index contributed by atoms with van der Waals surface area (Å²) in [5.41, 5.74) is 1.07. The summed E-state index contributed by atoms with van der Waals surface area (Å²) in [5.74, 6) is 1.03. The van der Waals surface area contributed by atoms with E-state index >= 15 is 0 Å². The van der Waals surface area contributed by atoms with Gasteiger partial charge in [-0.15, -0.1) is 0 Å². The molecule has 2 rings (SSSR count). The number of fused-ring (bicyclic) bond motifs is 1. The second kappa shape index (κ2) is 4.49. The van der Waals surface area contributed by atoms with Crippen molar-refractivity contribution >= 4 is 16.6 Å². The van der Waals surface area contributed by atoms with Gasteiger partial charge < -0.3 is 10.2 Å². The molecule has 1 aromatic heterocycles. The number of pyridine rings is 1. The number of anilines is 1. The fraction of sp³-hybridized carbons (Fsp3) is 0.308. The van der Waals surface area contributed by atoms with Gasteiger partial charge in [-0.1, -0.05) is 24.3 Å². The summed E-state index contributed by atoms with van der Waals surface area (Å²) in [6.45, 7) is 0.797. The smallest absolute Gasteiger partial charge is 0.136 e. The van der Waals surface area contributed by atoms with Crippen molar-refractivity contribution in [3.8, 4) is 0 Å². The Bertz CT molecular complexity index is 492. The molecule has 0 amide bonds. The molecule has 16 heavy (non-hydrogen) atoms. The van der Waals surface area contributed by atoms with Crippen molar-refractivity contribution in [3.05, 3.63) is 36.0 Å². The number of nitrogens with zero attached hydrogens (tertiary/aromatic N) is 2. The summed E-state index contributed by atoms with van der Waals surface area (Å²) in [6.07, 6.45) is 0. The third kappa shape index (κ3) is 1.99. The van der Waals surface area contributed by atoms with Crippen LogP contribution >= 0.6 is 0 Å². The van der Waals surface area contributed by atoms with Gasteiger partial charge in [0.1, 0.15) is 5.82 Å². The minimum absolute atomic E-state index is 0.797. The Kier molecular flexibility index (Phi) is 3.06. The molecule has 0 fully saturated rings. The molecular weight excluding hydrogens is 198 g/mol. The van der Waals surface area contributed by atoms with Crippen molar-refractivity contribution < 1.29 is 0 Å². The second-order valence-corrected chi connectivity index (χ2v) is 4.08. The van der Waals surface area contributed by atoms with Crippen LogP contribution in [0, 0.1) is 0 Å². The lowest BCUT2D eigenvalue weighted by Gasteiger charge is -2.15. The molecule has 0 saturated carbocycles. The minimum atomic E-state index is 0.797. The first-order valence-electron chi connectivity index (χ1n) is 5.43. The zero-order valence-corrected chi connectivity index (χ0v) is 9.99. The van der Waals surface area contributed by atoms with Gasteiger partial charge in [0.2, 0.25) is 0 Å². The zero-order valence-electron chi connectivity index (χ0n) is 9.99. The van der Waals surface area contributed by atoms with E-state index in [1.54, 1.807) is 0 Å². The van der Waals surface area contributed by atoms with Crippen LogP contribution in [0.5, 0.6) is 0 Å². The van der Waals surface area contributed by atoms with E-state index in [9.17, 15) is 0 Å². The maximum atomic E-state index is 4.65. The first kappa shape index (κ1) is 10.9. The first-order valence-corrected chi connectivity index (χ1v) is 5.43. The van der Waals surface area contributed by atoms with Gasteiger partial charge in [0.25, 0.3) is 0 Å². The fourth-order valence-electron chi connectivity index (χ4n) is 1.85. The molecule has 0 aliphatic heterocycles. The number of rotatable bonds is 3. The number of aromatic nitrogens is 1. The number of benzene rings is 1. The van der Waals surface area contributed by atoms with E-state index in [-0.39, 0.29) is 0 Å². The lowest BCUT2D eigenvalue weighted by molar-refractivity contribution is 0.791. The van der Waals surface area contributed by atoms with Crippen molar-refractivity contribution in [3.63, 3.8) is 0 Å². The highest BCUT2D eigenvalue weighted by Gasteiger charge is 2.06. The van der Waals surface area contributed by atoms with Crippen LogP contribution in [0.1, 0.15) is 5.69 Å². The van der Waals surface area contributed by atoms with Gasteiger partial charge >= 0.3 is 0 Å². The maximum Gasteiger partial charge on any atom is 0.136 e. The van der Waals surface area contributed by atoms with Gasteiger partial charge in [0.15, 0.2) is 0 Å². The van der Waals surface area contributed by atoms with Crippen LogP contribution < -0.4 is 10.2 Å². The molecule has 0 atom stereocenters. The van der Waals surface area contributed by atoms with Crippen molar-refractivity contribution in [2.75, 3.05) is 26.0 Å². The number of nitrogens with one attached hydrogen (secondary N) is 1. The molecule has 1 heterocycles. The van der Waals surface area contributed by atoms with Crippen molar-refractivity contribution in [2.45, 2.75) is 6.54 Å². The van der Waals surface area contributed by atoms with E-state index in [0.717, 1.165) is 18.1 Å². The predicted molar refractivity (Wildman–Crippen MR) is 68.8 cm³/mol. The highest BCUT2D eigenvalue weighted by atomic mass is 15.1. The molecule has 0 unspecified atom stereocenters. The molecule has 3 nitrogen and oxygen atoms in total. The number of hydrogen-bond acceptors (Lipinski definition) is 3. The van der Waals surface area contributed by atoms with Gasteiger partial charge in [-0.2, -0.15) is 0 Å². The summed E-state index contributed by atoms with van der Waals surface area (Å²) in [5, 5.41) is 5.58. The molecular formula is C13H17N3. The Morgan fingerprint density at radius 3 is 2.69 bits per heavy atom. The minimum Gasteiger partial charge on any atom is -0.362 e. The molecule has 0 bridgehead atoms. The van der Waals surface area contributed by atoms with Crippen LogP contribution in [0.15, 0.2) is 30.3 Å². The van der Waals surface area contributed by atoms with Crippen LogP contribution in [-0.4, -0.2) is 26.1 Å². The Labute approximate surface area is 96.1 Å².